The Morgan fingerprint density at radius 3 is 1.96 bits per heavy atom. The maximum Gasteiger partial charge on any atom is 0.411 e. The first-order chi connectivity index (χ1) is 13.4. The Labute approximate surface area is 168 Å². The average molecular weight is 397 g/mol. The van der Waals surface area contributed by atoms with E-state index in [1.165, 1.54) is 69.8 Å². The Morgan fingerprint density at radius 1 is 0.857 bits per heavy atom. The Kier molecular flexibility index (Phi) is 7.85. The SMILES string of the molecule is CCCC1CCC(C2CCC(c3ccc(COCC(F)(F)F)cc3)CC2)CC1. The third-order valence-electron chi connectivity index (χ3n) is 7.01. The predicted octanol–water partition coefficient (Wildman–Crippen LogP) is 7.65. The van der Waals surface area contributed by atoms with Gasteiger partial charge in [0.15, 0.2) is 0 Å². The Morgan fingerprint density at radius 2 is 1.43 bits per heavy atom. The number of rotatable bonds is 7. The van der Waals surface area contributed by atoms with E-state index in [1.54, 1.807) is 0 Å². The van der Waals surface area contributed by atoms with Gasteiger partial charge < -0.3 is 4.74 Å². The summed E-state index contributed by atoms with van der Waals surface area (Å²) >= 11 is 0. The molecule has 0 bridgehead atoms. The first-order valence-corrected chi connectivity index (χ1v) is 11.2. The van der Waals surface area contributed by atoms with E-state index < -0.39 is 12.8 Å². The van der Waals surface area contributed by atoms with Gasteiger partial charge in [-0.05, 0) is 73.3 Å². The summed E-state index contributed by atoms with van der Waals surface area (Å²) < 4.78 is 41.2. The van der Waals surface area contributed by atoms with Crippen molar-refractivity contribution in [2.24, 2.45) is 17.8 Å². The molecule has 1 aromatic rings. The van der Waals surface area contributed by atoms with Gasteiger partial charge in [-0.2, -0.15) is 13.2 Å². The highest BCUT2D eigenvalue weighted by Crippen LogP contribution is 2.44. The molecule has 0 amide bonds. The molecule has 0 unspecified atom stereocenters. The van der Waals surface area contributed by atoms with Gasteiger partial charge in [-0.3, -0.25) is 0 Å². The normalized spacial score (nSPS) is 29.0. The summed E-state index contributed by atoms with van der Waals surface area (Å²) in [6.45, 7) is 1.14. The molecule has 0 heterocycles. The molecule has 3 rings (SSSR count). The molecule has 0 radical (unpaired) electrons. The van der Waals surface area contributed by atoms with Crippen LogP contribution in [0, 0.1) is 17.8 Å². The van der Waals surface area contributed by atoms with E-state index in [2.05, 4.69) is 19.1 Å². The number of ether oxygens (including phenoxy) is 1. The molecule has 158 valence electrons. The highest BCUT2D eigenvalue weighted by Gasteiger charge is 2.31. The molecule has 0 N–H and O–H groups in total. The van der Waals surface area contributed by atoms with Gasteiger partial charge in [-0.15, -0.1) is 0 Å². The van der Waals surface area contributed by atoms with Gasteiger partial charge in [0.1, 0.15) is 6.61 Å². The minimum absolute atomic E-state index is 0.0211. The molecule has 0 atom stereocenters. The molecule has 0 aliphatic heterocycles. The minimum Gasteiger partial charge on any atom is -0.367 e. The van der Waals surface area contributed by atoms with Crippen molar-refractivity contribution in [1.29, 1.82) is 0 Å². The first kappa shape index (κ1) is 21.7. The molecule has 1 nitrogen and oxygen atoms in total. The summed E-state index contributed by atoms with van der Waals surface area (Å²) in [7, 11) is 0. The maximum atomic E-state index is 12.2. The van der Waals surface area contributed by atoms with Gasteiger partial charge in [0.2, 0.25) is 0 Å². The summed E-state index contributed by atoms with van der Waals surface area (Å²) in [5, 5.41) is 0. The smallest absolute Gasteiger partial charge is 0.367 e. The molecule has 28 heavy (non-hydrogen) atoms. The molecule has 2 aliphatic carbocycles. The van der Waals surface area contributed by atoms with Crippen molar-refractivity contribution < 1.29 is 17.9 Å². The zero-order chi connectivity index (χ0) is 20.0. The molecular formula is C24H35F3O. The van der Waals surface area contributed by atoms with Gasteiger partial charge in [-0.25, -0.2) is 0 Å². The second kappa shape index (κ2) is 10.1. The zero-order valence-corrected chi connectivity index (χ0v) is 17.1. The van der Waals surface area contributed by atoms with Crippen molar-refractivity contribution in [2.75, 3.05) is 6.61 Å². The summed E-state index contributed by atoms with van der Waals surface area (Å²) in [5.41, 5.74) is 2.15. The Hall–Kier alpha value is -1.03. The summed E-state index contributed by atoms with van der Waals surface area (Å²) in [6, 6.07) is 8.03. The van der Waals surface area contributed by atoms with E-state index in [0.717, 1.165) is 23.3 Å². The minimum atomic E-state index is -4.26. The molecule has 1 aromatic carbocycles. The van der Waals surface area contributed by atoms with Crippen LogP contribution in [-0.4, -0.2) is 12.8 Å². The molecule has 0 saturated heterocycles. The lowest BCUT2D eigenvalue weighted by Crippen LogP contribution is -2.25. The summed E-state index contributed by atoms with van der Waals surface area (Å²) in [4.78, 5) is 0. The number of hydrogen-bond acceptors (Lipinski definition) is 1. The van der Waals surface area contributed by atoms with Gasteiger partial charge in [0.25, 0.3) is 0 Å². The van der Waals surface area contributed by atoms with Crippen molar-refractivity contribution in [3.8, 4) is 0 Å². The lowest BCUT2D eigenvalue weighted by molar-refractivity contribution is -0.176. The fraction of sp³-hybridized carbons (Fsp3) is 0.750. The van der Waals surface area contributed by atoms with Crippen LogP contribution < -0.4 is 0 Å². The van der Waals surface area contributed by atoms with Crippen LogP contribution in [0.25, 0.3) is 0 Å². The van der Waals surface area contributed by atoms with Crippen molar-refractivity contribution in [1.82, 2.24) is 0 Å². The fourth-order valence-corrected chi connectivity index (χ4v) is 5.45. The van der Waals surface area contributed by atoms with Gasteiger partial charge in [0.05, 0.1) is 6.61 Å². The quantitative estimate of drug-likeness (QED) is 0.460. The first-order valence-electron chi connectivity index (χ1n) is 11.2. The van der Waals surface area contributed by atoms with E-state index in [9.17, 15) is 13.2 Å². The molecule has 0 spiro atoms. The lowest BCUT2D eigenvalue weighted by Gasteiger charge is -2.38. The monoisotopic (exact) mass is 396 g/mol. The van der Waals surface area contributed by atoms with Gasteiger partial charge >= 0.3 is 6.18 Å². The van der Waals surface area contributed by atoms with Crippen LogP contribution in [0.3, 0.4) is 0 Å². The van der Waals surface area contributed by atoms with Gasteiger partial charge in [-0.1, -0.05) is 56.9 Å². The van der Waals surface area contributed by atoms with Crippen molar-refractivity contribution >= 4 is 0 Å². The van der Waals surface area contributed by atoms with Crippen molar-refractivity contribution in [2.45, 2.75) is 89.8 Å². The number of alkyl halides is 3. The highest BCUT2D eigenvalue weighted by atomic mass is 19.4. The summed E-state index contributed by atoms with van der Waals surface area (Å²) in [6.07, 6.45) is 9.42. The van der Waals surface area contributed by atoms with Crippen LogP contribution in [0.1, 0.15) is 88.2 Å². The standard InChI is InChI=1S/C24H35F3O/c1-2-3-18-4-8-20(9-5-18)22-12-14-23(15-13-22)21-10-6-19(7-11-21)16-28-17-24(25,26)27/h6-7,10-11,18,20,22-23H,2-5,8-9,12-17H2,1H3. The van der Waals surface area contributed by atoms with Crippen LogP contribution in [0.5, 0.6) is 0 Å². The topological polar surface area (TPSA) is 9.23 Å². The molecule has 2 aliphatic rings. The number of hydrogen-bond donors (Lipinski definition) is 0. The van der Waals surface area contributed by atoms with Crippen LogP contribution in [0.15, 0.2) is 24.3 Å². The number of halogens is 3. The molecule has 0 aromatic heterocycles. The van der Waals surface area contributed by atoms with E-state index in [1.807, 2.05) is 12.1 Å². The van der Waals surface area contributed by atoms with Crippen LogP contribution in [0.4, 0.5) is 13.2 Å². The Bertz CT molecular complexity index is 565. The van der Waals surface area contributed by atoms with Crippen molar-refractivity contribution in [3.63, 3.8) is 0 Å². The highest BCUT2D eigenvalue weighted by molar-refractivity contribution is 5.25. The third-order valence-corrected chi connectivity index (χ3v) is 7.01. The average Bonchev–Trinajstić information content (AvgIpc) is 2.69. The second-order valence-corrected chi connectivity index (χ2v) is 9.03. The molecule has 2 fully saturated rings. The van der Waals surface area contributed by atoms with Crippen LogP contribution in [-0.2, 0) is 11.3 Å². The lowest BCUT2D eigenvalue weighted by atomic mass is 9.68. The second-order valence-electron chi connectivity index (χ2n) is 9.03. The van der Waals surface area contributed by atoms with E-state index in [-0.39, 0.29) is 6.61 Å². The maximum absolute atomic E-state index is 12.2. The number of benzene rings is 1. The van der Waals surface area contributed by atoms with E-state index >= 15 is 0 Å². The van der Waals surface area contributed by atoms with E-state index in [4.69, 9.17) is 4.74 Å². The van der Waals surface area contributed by atoms with Crippen LogP contribution >= 0.6 is 0 Å². The van der Waals surface area contributed by atoms with Crippen LogP contribution in [0.2, 0.25) is 0 Å². The zero-order valence-electron chi connectivity index (χ0n) is 17.1. The summed E-state index contributed by atoms with van der Waals surface area (Å²) in [5.74, 6) is 3.45. The predicted molar refractivity (Wildman–Crippen MR) is 107 cm³/mol. The third kappa shape index (κ3) is 6.50. The Balaban J connectivity index is 1.41. The molecule has 4 heteroatoms. The van der Waals surface area contributed by atoms with Crippen molar-refractivity contribution in [3.05, 3.63) is 35.4 Å². The fourth-order valence-electron chi connectivity index (χ4n) is 5.45. The molecular weight excluding hydrogens is 361 g/mol. The van der Waals surface area contributed by atoms with E-state index in [0.29, 0.717) is 5.92 Å². The largest absolute Gasteiger partial charge is 0.411 e. The molecule has 2 saturated carbocycles. The van der Waals surface area contributed by atoms with Gasteiger partial charge in [0, 0.05) is 0 Å².